The van der Waals surface area contributed by atoms with Crippen LogP contribution in [0.4, 0.5) is 0 Å². The fourth-order valence-electron chi connectivity index (χ4n) is 3.68. The van der Waals surface area contributed by atoms with Crippen molar-refractivity contribution in [3.8, 4) is 0 Å². The van der Waals surface area contributed by atoms with Crippen molar-refractivity contribution in [1.29, 1.82) is 0 Å². The molecular formula is C18H17NO3Se. The Morgan fingerprint density at radius 3 is 2.83 bits per heavy atom. The Balaban J connectivity index is 1.79. The van der Waals surface area contributed by atoms with Crippen molar-refractivity contribution < 1.29 is 14.3 Å². The molecule has 1 spiro atoms. The molecule has 0 saturated carbocycles. The molecule has 5 heteroatoms. The molecule has 4 rings (SSSR count). The Bertz CT molecular complexity index is 740. The molecular weight excluding hydrogens is 357 g/mol. The fourth-order valence-corrected chi connectivity index (χ4v) is 5.87. The number of nitrogens with zero attached hydrogens (tertiary/aromatic N) is 1. The van der Waals surface area contributed by atoms with Gasteiger partial charge in [-0.25, -0.2) is 0 Å². The molecule has 0 aromatic heterocycles. The maximum atomic E-state index is 13.0. The van der Waals surface area contributed by atoms with Crippen LogP contribution in [0.5, 0.6) is 0 Å². The Labute approximate surface area is 141 Å². The molecule has 2 aliphatic heterocycles. The van der Waals surface area contributed by atoms with Gasteiger partial charge in [0.1, 0.15) is 0 Å². The van der Waals surface area contributed by atoms with Crippen LogP contribution in [0.3, 0.4) is 0 Å². The number of rotatable bonds is 2. The molecule has 0 bridgehead atoms. The van der Waals surface area contributed by atoms with Crippen LogP contribution in [0.15, 0.2) is 52.5 Å². The second kappa shape index (κ2) is 5.45. The molecule has 4 nitrogen and oxygen atoms in total. The van der Waals surface area contributed by atoms with E-state index in [1.54, 1.807) is 6.08 Å². The topological polar surface area (TPSA) is 46.6 Å². The zero-order valence-electron chi connectivity index (χ0n) is 12.8. The van der Waals surface area contributed by atoms with Crippen LogP contribution in [0.1, 0.15) is 13.3 Å². The number of carbonyl (C=O) groups excluding carboxylic acids is 2. The molecule has 1 saturated heterocycles. The molecule has 1 aromatic rings. The van der Waals surface area contributed by atoms with Crippen LogP contribution >= 0.6 is 0 Å². The van der Waals surface area contributed by atoms with E-state index in [0.29, 0.717) is 19.6 Å². The van der Waals surface area contributed by atoms with Crippen molar-refractivity contribution in [2.75, 3.05) is 13.2 Å². The summed E-state index contributed by atoms with van der Waals surface area (Å²) in [6.45, 7) is 3.11. The summed E-state index contributed by atoms with van der Waals surface area (Å²) in [6, 6.07) is 10.1. The quantitative estimate of drug-likeness (QED) is 0.720. The second-order valence-electron chi connectivity index (χ2n) is 6.01. The minimum atomic E-state index is -0.547. The van der Waals surface area contributed by atoms with Crippen LogP contribution in [0.25, 0.3) is 0 Å². The van der Waals surface area contributed by atoms with Gasteiger partial charge in [-0.2, -0.15) is 0 Å². The standard InChI is InChI=1S/C18H17NO3Se/c1-12-16(23-14-5-3-2-4-6-14)17(21)19-9-10-22-15-11-13(20)7-8-18(12,15)19/h2-8,15H,9-11H2,1H3. The zero-order chi connectivity index (χ0) is 16.0. The van der Waals surface area contributed by atoms with E-state index in [1.165, 1.54) is 4.46 Å². The number of hydrogen-bond donors (Lipinski definition) is 0. The van der Waals surface area contributed by atoms with Gasteiger partial charge in [0.05, 0.1) is 0 Å². The van der Waals surface area contributed by atoms with Crippen LogP contribution in [0.2, 0.25) is 0 Å². The first-order chi connectivity index (χ1) is 11.1. The number of morpholine rings is 1. The molecule has 1 aromatic carbocycles. The first-order valence-electron chi connectivity index (χ1n) is 7.73. The summed E-state index contributed by atoms with van der Waals surface area (Å²) in [5, 5.41) is 0. The van der Waals surface area contributed by atoms with Crippen LogP contribution in [0, 0.1) is 0 Å². The molecule has 1 amide bonds. The van der Waals surface area contributed by atoms with Gasteiger partial charge in [0.25, 0.3) is 0 Å². The Hall–Kier alpha value is -1.68. The zero-order valence-corrected chi connectivity index (χ0v) is 14.5. The Kier molecular flexibility index (Phi) is 3.52. The molecule has 23 heavy (non-hydrogen) atoms. The van der Waals surface area contributed by atoms with Crippen LogP contribution in [-0.4, -0.2) is 56.3 Å². The van der Waals surface area contributed by atoms with E-state index in [1.807, 2.05) is 36.1 Å². The number of allylic oxidation sites excluding steroid dienone is 1. The van der Waals surface area contributed by atoms with Gasteiger partial charge in [-0.3, -0.25) is 0 Å². The number of hydrogen-bond acceptors (Lipinski definition) is 3. The number of carbonyl (C=O) groups is 2. The van der Waals surface area contributed by atoms with Gasteiger partial charge in [0.2, 0.25) is 0 Å². The van der Waals surface area contributed by atoms with Crippen molar-refractivity contribution in [3.63, 3.8) is 0 Å². The van der Waals surface area contributed by atoms with Gasteiger partial charge < -0.3 is 0 Å². The number of ether oxygens (including phenoxy) is 1. The molecule has 2 atom stereocenters. The average Bonchev–Trinajstić information content (AvgIpc) is 2.77. The monoisotopic (exact) mass is 375 g/mol. The first-order valence-corrected chi connectivity index (χ1v) is 9.44. The van der Waals surface area contributed by atoms with E-state index in [9.17, 15) is 9.59 Å². The van der Waals surface area contributed by atoms with Gasteiger partial charge in [-0.1, -0.05) is 0 Å². The van der Waals surface area contributed by atoms with Gasteiger partial charge in [0.15, 0.2) is 0 Å². The van der Waals surface area contributed by atoms with E-state index in [2.05, 4.69) is 12.1 Å². The summed E-state index contributed by atoms with van der Waals surface area (Å²) in [6.07, 6.45) is 3.61. The minimum absolute atomic E-state index is 0.0334. The molecule has 118 valence electrons. The maximum absolute atomic E-state index is 13.0. The second-order valence-corrected chi connectivity index (χ2v) is 8.29. The van der Waals surface area contributed by atoms with Crippen LogP contribution in [-0.2, 0) is 14.3 Å². The summed E-state index contributed by atoms with van der Waals surface area (Å²) in [4.78, 5) is 26.7. The van der Waals surface area contributed by atoms with Gasteiger partial charge >= 0.3 is 141 Å². The van der Waals surface area contributed by atoms with Crippen molar-refractivity contribution in [2.45, 2.75) is 25.0 Å². The predicted octanol–water partition coefficient (Wildman–Crippen LogP) is 0.799. The Morgan fingerprint density at radius 2 is 2.04 bits per heavy atom. The van der Waals surface area contributed by atoms with Gasteiger partial charge in [0, 0.05) is 0 Å². The Morgan fingerprint density at radius 1 is 1.26 bits per heavy atom. The first kappa shape index (κ1) is 14.9. The van der Waals surface area contributed by atoms with Crippen molar-refractivity contribution in [2.24, 2.45) is 0 Å². The third-order valence-corrected chi connectivity index (χ3v) is 7.33. The number of ketones is 1. The normalized spacial score (nSPS) is 29.8. The molecule has 1 fully saturated rings. The molecule has 3 aliphatic rings. The van der Waals surface area contributed by atoms with E-state index < -0.39 is 5.54 Å². The van der Waals surface area contributed by atoms with Crippen molar-refractivity contribution in [1.82, 2.24) is 4.90 Å². The summed E-state index contributed by atoms with van der Waals surface area (Å²) in [5.74, 6) is 0.184. The molecule has 0 radical (unpaired) electrons. The fraction of sp³-hybridized carbons (Fsp3) is 0.333. The van der Waals surface area contributed by atoms with E-state index in [-0.39, 0.29) is 32.8 Å². The van der Waals surface area contributed by atoms with Gasteiger partial charge in [-0.15, -0.1) is 0 Å². The van der Waals surface area contributed by atoms with Gasteiger partial charge in [-0.05, 0) is 0 Å². The average molecular weight is 374 g/mol. The van der Waals surface area contributed by atoms with Crippen LogP contribution < -0.4 is 4.46 Å². The SMILES string of the molecule is CC1=C([Se]c2ccccc2)C(=O)N2CCOC3CC(=O)C=CC132. The molecule has 1 aliphatic carbocycles. The van der Waals surface area contributed by atoms with Crippen molar-refractivity contribution >= 4 is 31.1 Å². The summed E-state index contributed by atoms with van der Waals surface area (Å²) < 4.78 is 7.97. The predicted molar refractivity (Wildman–Crippen MR) is 87.5 cm³/mol. The number of amides is 1. The van der Waals surface area contributed by atoms with E-state index in [4.69, 9.17) is 4.74 Å². The molecule has 2 heterocycles. The number of benzene rings is 1. The van der Waals surface area contributed by atoms with E-state index in [0.717, 1.165) is 10.0 Å². The summed E-state index contributed by atoms with van der Waals surface area (Å²) >= 11 is -0.0334. The summed E-state index contributed by atoms with van der Waals surface area (Å²) in [7, 11) is 0. The van der Waals surface area contributed by atoms with Crippen molar-refractivity contribution in [3.05, 3.63) is 52.5 Å². The summed E-state index contributed by atoms with van der Waals surface area (Å²) in [5.41, 5.74) is 0.509. The molecule has 2 unspecified atom stereocenters. The third kappa shape index (κ3) is 2.15. The van der Waals surface area contributed by atoms with E-state index >= 15 is 0 Å². The third-order valence-electron chi connectivity index (χ3n) is 4.83. The molecule has 0 N–H and O–H groups in total.